The number of phenols is 1. The number of hydrogen-bond donors (Lipinski definition) is 2. The summed E-state index contributed by atoms with van der Waals surface area (Å²) in [5.74, 6) is 0.0351. The number of rotatable bonds is 3. The van der Waals surface area contributed by atoms with E-state index in [1.165, 1.54) is 24.3 Å². The molecule has 2 N–H and O–H groups in total. The third kappa shape index (κ3) is 3.17. The van der Waals surface area contributed by atoms with Crippen molar-refractivity contribution in [1.29, 1.82) is 0 Å². The molecule has 0 atom stereocenters. The van der Waals surface area contributed by atoms with E-state index in [1.807, 2.05) is 0 Å². The number of fused-ring (bicyclic) bond motifs is 1. The molecule has 8 heteroatoms. The number of benzene rings is 2. The Morgan fingerprint density at radius 3 is 2.61 bits per heavy atom. The summed E-state index contributed by atoms with van der Waals surface area (Å²) in [4.78, 5) is 3.82. The Morgan fingerprint density at radius 1 is 1.00 bits per heavy atom. The summed E-state index contributed by atoms with van der Waals surface area (Å²) in [5, 5.41) is 18.4. The average molecular weight is 329 g/mol. The number of pyridine rings is 1. The standard InChI is InChI=1S/C15H11N3O4S/c19-14-7-6-13(12-5-2-8-16-15(12)14)18-17-10-3-1-4-11(9-10)23(20,21)22/h1-9,19H,(H,20,21,22). The predicted octanol–water partition coefficient (Wildman–Crippen LogP) is 3.60. The first-order valence-electron chi connectivity index (χ1n) is 6.51. The highest BCUT2D eigenvalue weighted by atomic mass is 32.2. The van der Waals surface area contributed by atoms with Crippen molar-refractivity contribution in [3.05, 3.63) is 54.7 Å². The molecule has 0 spiro atoms. The largest absolute Gasteiger partial charge is 0.506 e. The van der Waals surface area contributed by atoms with Crippen molar-refractivity contribution in [3.8, 4) is 5.75 Å². The molecule has 23 heavy (non-hydrogen) atoms. The first kappa shape index (κ1) is 15.1. The van der Waals surface area contributed by atoms with Gasteiger partial charge in [0.25, 0.3) is 10.1 Å². The Bertz CT molecular complexity index is 1020. The van der Waals surface area contributed by atoms with Crippen LogP contribution in [0, 0.1) is 0 Å². The Hall–Kier alpha value is -2.84. The summed E-state index contributed by atoms with van der Waals surface area (Å²) in [6.07, 6.45) is 1.55. The molecule has 7 nitrogen and oxygen atoms in total. The second-order valence-electron chi connectivity index (χ2n) is 4.68. The lowest BCUT2D eigenvalue weighted by atomic mass is 10.2. The molecule has 0 fully saturated rings. The minimum Gasteiger partial charge on any atom is -0.506 e. The molecule has 0 unspecified atom stereocenters. The van der Waals surface area contributed by atoms with Gasteiger partial charge in [0.2, 0.25) is 0 Å². The lowest BCUT2D eigenvalue weighted by Gasteiger charge is -2.02. The molecule has 0 bridgehead atoms. The average Bonchev–Trinajstić information content (AvgIpc) is 2.54. The monoisotopic (exact) mass is 329 g/mol. The lowest BCUT2D eigenvalue weighted by Crippen LogP contribution is -1.96. The molecule has 0 saturated carbocycles. The number of phenolic OH excluding ortho intramolecular Hbond substituents is 1. The van der Waals surface area contributed by atoms with Gasteiger partial charge in [-0.05, 0) is 42.5 Å². The van der Waals surface area contributed by atoms with Gasteiger partial charge in [0.15, 0.2) is 0 Å². The SMILES string of the molecule is O=S(=O)(O)c1cccc(N=Nc2ccc(O)c3ncccc23)c1. The molecule has 2 aromatic carbocycles. The summed E-state index contributed by atoms with van der Waals surface area (Å²) in [6, 6.07) is 12.0. The fourth-order valence-corrected chi connectivity index (χ4v) is 2.57. The smallest absolute Gasteiger partial charge is 0.294 e. The number of azo groups is 1. The van der Waals surface area contributed by atoms with Crippen molar-refractivity contribution >= 4 is 32.4 Å². The summed E-state index contributed by atoms with van der Waals surface area (Å²) in [7, 11) is -4.29. The summed E-state index contributed by atoms with van der Waals surface area (Å²) in [6.45, 7) is 0. The third-order valence-electron chi connectivity index (χ3n) is 3.11. The first-order valence-corrected chi connectivity index (χ1v) is 7.95. The van der Waals surface area contributed by atoms with Crippen LogP contribution in [0.2, 0.25) is 0 Å². The van der Waals surface area contributed by atoms with E-state index in [4.69, 9.17) is 4.55 Å². The predicted molar refractivity (Wildman–Crippen MR) is 83.8 cm³/mol. The van der Waals surface area contributed by atoms with E-state index >= 15 is 0 Å². The molecule has 3 aromatic rings. The van der Waals surface area contributed by atoms with E-state index in [1.54, 1.807) is 30.5 Å². The van der Waals surface area contributed by atoms with Crippen LogP contribution in [0.1, 0.15) is 0 Å². The van der Waals surface area contributed by atoms with Crippen LogP contribution in [0.5, 0.6) is 5.75 Å². The minimum atomic E-state index is -4.29. The summed E-state index contributed by atoms with van der Waals surface area (Å²) < 4.78 is 31.3. The van der Waals surface area contributed by atoms with Gasteiger partial charge < -0.3 is 5.11 Å². The second-order valence-corrected chi connectivity index (χ2v) is 6.10. The van der Waals surface area contributed by atoms with Crippen LogP contribution in [0.25, 0.3) is 10.9 Å². The molecular weight excluding hydrogens is 318 g/mol. The number of aromatic hydroxyl groups is 1. The fraction of sp³-hybridized carbons (Fsp3) is 0. The maximum Gasteiger partial charge on any atom is 0.294 e. The van der Waals surface area contributed by atoms with E-state index in [0.717, 1.165) is 0 Å². The Labute approximate surface area is 131 Å². The molecule has 3 rings (SSSR count). The van der Waals surface area contributed by atoms with Crippen LogP contribution in [0.3, 0.4) is 0 Å². The molecule has 0 aliphatic carbocycles. The molecule has 1 heterocycles. The van der Waals surface area contributed by atoms with E-state index in [9.17, 15) is 13.5 Å². The van der Waals surface area contributed by atoms with Crippen LogP contribution in [0.15, 0.2) is 69.9 Å². The van der Waals surface area contributed by atoms with Crippen LogP contribution >= 0.6 is 0 Å². The van der Waals surface area contributed by atoms with E-state index < -0.39 is 10.1 Å². The summed E-state index contributed by atoms with van der Waals surface area (Å²) in [5.41, 5.74) is 1.14. The summed E-state index contributed by atoms with van der Waals surface area (Å²) >= 11 is 0. The van der Waals surface area contributed by atoms with Crippen LogP contribution < -0.4 is 0 Å². The number of nitrogens with zero attached hydrogens (tertiary/aromatic N) is 3. The van der Waals surface area contributed by atoms with Gasteiger partial charge in [0.05, 0.1) is 16.3 Å². The van der Waals surface area contributed by atoms with Crippen LogP contribution in [-0.2, 0) is 10.1 Å². The van der Waals surface area contributed by atoms with Gasteiger partial charge in [-0.25, -0.2) is 0 Å². The highest BCUT2D eigenvalue weighted by Crippen LogP contribution is 2.32. The maximum absolute atomic E-state index is 11.1. The Kier molecular flexibility index (Phi) is 3.77. The second kappa shape index (κ2) is 5.75. The first-order chi connectivity index (χ1) is 10.9. The van der Waals surface area contributed by atoms with E-state index in [2.05, 4.69) is 15.2 Å². The molecule has 0 aliphatic heterocycles. The quantitative estimate of drug-likeness (QED) is 0.563. The molecule has 0 saturated heterocycles. The zero-order chi connectivity index (χ0) is 16.4. The molecular formula is C15H11N3O4S. The molecule has 0 amide bonds. The van der Waals surface area contributed by atoms with Crippen LogP contribution in [-0.4, -0.2) is 23.1 Å². The molecule has 0 aliphatic rings. The van der Waals surface area contributed by atoms with Gasteiger partial charge in [-0.3, -0.25) is 9.54 Å². The highest BCUT2D eigenvalue weighted by Gasteiger charge is 2.09. The number of aromatic nitrogens is 1. The van der Waals surface area contributed by atoms with Gasteiger partial charge in [-0.1, -0.05) is 6.07 Å². The molecule has 116 valence electrons. The number of hydrogen-bond acceptors (Lipinski definition) is 6. The minimum absolute atomic E-state index is 0.0351. The molecule has 1 aromatic heterocycles. The Balaban J connectivity index is 2.03. The van der Waals surface area contributed by atoms with Gasteiger partial charge in [-0.2, -0.15) is 13.5 Å². The van der Waals surface area contributed by atoms with Gasteiger partial charge in [0.1, 0.15) is 11.3 Å². The topological polar surface area (TPSA) is 112 Å². The lowest BCUT2D eigenvalue weighted by molar-refractivity contribution is 0.480. The van der Waals surface area contributed by atoms with E-state index in [0.29, 0.717) is 16.6 Å². The Morgan fingerprint density at radius 2 is 1.83 bits per heavy atom. The van der Waals surface area contributed by atoms with Gasteiger partial charge in [0, 0.05) is 11.6 Å². The maximum atomic E-state index is 11.1. The zero-order valence-electron chi connectivity index (χ0n) is 11.7. The van der Waals surface area contributed by atoms with Crippen molar-refractivity contribution in [2.75, 3.05) is 0 Å². The zero-order valence-corrected chi connectivity index (χ0v) is 12.5. The van der Waals surface area contributed by atoms with Crippen molar-refractivity contribution in [2.45, 2.75) is 4.90 Å². The van der Waals surface area contributed by atoms with Crippen LogP contribution in [0.4, 0.5) is 11.4 Å². The van der Waals surface area contributed by atoms with Crippen molar-refractivity contribution in [3.63, 3.8) is 0 Å². The third-order valence-corrected chi connectivity index (χ3v) is 3.96. The highest BCUT2D eigenvalue weighted by molar-refractivity contribution is 7.85. The van der Waals surface area contributed by atoms with E-state index in [-0.39, 0.29) is 16.3 Å². The van der Waals surface area contributed by atoms with Gasteiger partial charge >= 0.3 is 0 Å². The van der Waals surface area contributed by atoms with Gasteiger partial charge in [-0.15, -0.1) is 5.11 Å². The fourth-order valence-electron chi connectivity index (χ4n) is 2.05. The van der Waals surface area contributed by atoms with Crippen molar-refractivity contribution < 1.29 is 18.1 Å². The van der Waals surface area contributed by atoms with Crippen molar-refractivity contribution in [1.82, 2.24) is 4.98 Å². The normalized spacial score (nSPS) is 12.0. The molecule has 0 radical (unpaired) electrons. The van der Waals surface area contributed by atoms with Crippen molar-refractivity contribution in [2.24, 2.45) is 10.2 Å².